The molecule has 0 aromatic rings. The number of rotatable bonds is 11. The van der Waals surface area contributed by atoms with Crippen molar-refractivity contribution >= 4 is 14.3 Å². The van der Waals surface area contributed by atoms with E-state index in [1.807, 2.05) is 13.0 Å². The molecule has 176 valence electrons. The molecule has 0 radical (unpaired) electrons. The Morgan fingerprint density at radius 2 is 1.60 bits per heavy atom. The predicted octanol–water partition coefficient (Wildman–Crippen LogP) is 6.75. The molecule has 1 heterocycles. The van der Waals surface area contributed by atoms with Crippen LogP contribution in [0.25, 0.3) is 0 Å². The number of carbonyl (C=O) groups excluding carboxylic acids is 1. The van der Waals surface area contributed by atoms with E-state index in [-0.39, 0.29) is 24.1 Å². The molecule has 4 nitrogen and oxygen atoms in total. The molecule has 1 saturated heterocycles. The van der Waals surface area contributed by atoms with Gasteiger partial charge < -0.3 is 13.9 Å². The van der Waals surface area contributed by atoms with Crippen molar-refractivity contribution < 1.29 is 18.7 Å². The third-order valence-corrected chi connectivity index (χ3v) is 13.2. The highest BCUT2D eigenvalue weighted by Gasteiger charge is 2.45. The number of hydrogen-bond donors (Lipinski definition) is 0. The summed E-state index contributed by atoms with van der Waals surface area (Å²) in [7, 11) is -1.86. The normalized spacial score (nSPS) is 25.3. The molecule has 1 aliphatic rings. The van der Waals surface area contributed by atoms with Gasteiger partial charge in [0.25, 0.3) is 0 Å². The first-order chi connectivity index (χ1) is 14.0. The topological polar surface area (TPSA) is 44.8 Å². The van der Waals surface area contributed by atoms with Crippen molar-refractivity contribution in [2.75, 3.05) is 13.2 Å². The molecular formula is C25H48O4Si. The monoisotopic (exact) mass is 440 g/mol. The van der Waals surface area contributed by atoms with Crippen LogP contribution in [-0.2, 0) is 18.7 Å². The number of esters is 1. The average molecular weight is 441 g/mol. The Bertz CT molecular complexity index is 521. The van der Waals surface area contributed by atoms with E-state index in [1.54, 1.807) is 6.08 Å². The third-order valence-electron chi connectivity index (χ3n) is 7.08. The molecule has 0 aromatic carbocycles. The van der Waals surface area contributed by atoms with Crippen LogP contribution in [0.5, 0.6) is 0 Å². The van der Waals surface area contributed by atoms with Crippen molar-refractivity contribution in [2.24, 2.45) is 17.8 Å². The maximum Gasteiger partial charge on any atom is 0.330 e. The zero-order valence-electron chi connectivity index (χ0n) is 21.2. The lowest BCUT2D eigenvalue weighted by molar-refractivity contribution is -0.137. The van der Waals surface area contributed by atoms with E-state index in [2.05, 4.69) is 62.3 Å². The summed E-state index contributed by atoms with van der Waals surface area (Å²) in [4.78, 5) is 11.7. The van der Waals surface area contributed by atoms with Crippen LogP contribution < -0.4 is 0 Å². The number of hydrogen-bond acceptors (Lipinski definition) is 4. The lowest BCUT2D eigenvalue weighted by Gasteiger charge is -2.44. The smallest absolute Gasteiger partial charge is 0.330 e. The van der Waals surface area contributed by atoms with Gasteiger partial charge in [0.15, 0.2) is 8.32 Å². The van der Waals surface area contributed by atoms with Crippen LogP contribution in [0.2, 0.25) is 16.6 Å². The molecule has 0 bridgehead atoms. The van der Waals surface area contributed by atoms with Gasteiger partial charge in [0, 0.05) is 24.5 Å². The Morgan fingerprint density at radius 1 is 1.03 bits per heavy atom. The fourth-order valence-corrected chi connectivity index (χ4v) is 11.0. The van der Waals surface area contributed by atoms with E-state index in [4.69, 9.17) is 13.9 Å². The predicted molar refractivity (Wildman–Crippen MR) is 128 cm³/mol. The Morgan fingerprint density at radius 3 is 2.10 bits per heavy atom. The van der Waals surface area contributed by atoms with E-state index in [0.717, 1.165) is 19.4 Å². The summed E-state index contributed by atoms with van der Waals surface area (Å²) in [5.74, 6) is 0.746. The van der Waals surface area contributed by atoms with Crippen molar-refractivity contribution in [1.29, 1.82) is 0 Å². The highest BCUT2D eigenvalue weighted by molar-refractivity contribution is 6.77. The van der Waals surface area contributed by atoms with Crippen LogP contribution in [0, 0.1) is 17.8 Å². The van der Waals surface area contributed by atoms with Gasteiger partial charge >= 0.3 is 5.97 Å². The average Bonchev–Trinajstić information content (AvgIpc) is 2.66. The quantitative estimate of drug-likeness (QED) is 0.202. The van der Waals surface area contributed by atoms with E-state index in [1.165, 1.54) is 0 Å². The lowest BCUT2D eigenvalue weighted by atomic mass is 9.84. The lowest BCUT2D eigenvalue weighted by Crippen LogP contribution is -2.49. The molecule has 0 spiro atoms. The molecule has 0 unspecified atom stereocenters. The fourth-order valence-electron chi connectivity index (χ4n) is 5.47. The SMILES string of the molecule is CCOC(=O)/C=C/[C@H](C)[C@H]1O[C@H]([C@H](C)CO[Si](C(C)C)(C(C)C)C(C)C)CC[C@@H]1C. The minimum Gasteiger partial charge on any atom is -0.463 e. The van der Waals surface area contributed by atoms with Crippen LogP contribution in [0.1, 0.15) is 82.1 Å². The van der Waals surface area contributed by atoms with Gasteiger partial charge in [-0.2, -0.15) is 0 Å². The van der Waals surface area contributed by atoms with Gasteiger partial charge in [-0.3, -0.25) is 0 Å². The van der Waals surface area contributed by atoms with E-state index in [0.29, 0.717) is 35.1 Å². The Labute approximate surface area is 187 Å². The second kappa shape index (κ2) is 12.4. The molecule has 5 atom stereocenters. The maximum atomic E-state index is 11.7. The van der Waals surface area contributed by atoms with Crippen molar-refractivity contribution in [1.82, 2.24) is 0 Å². The Hall–Kier alpha value is -0.653. The largest absolute Gasteiger partial charge is 0.463 e. The summed E-state index contributed by atoms with van der Waals surface area (Å²) in [6.45, 7) is 23.7. The summed E-state index contributed by atoms with van der Waals surface area (Å²) in [5.41, 5.74) is 1.79. The third kappa shape index (κ3) is 6.93. The first-order valence-electron chi connectivity index (χ1n) is 12.1. The Kier molecular flexibility index (Phi) is 11.3. The van der Waals surface area contributed by atoms with Gasteiger partial charge in [-0.15, -0.1) is 0 Å². The minimum absolute atomic E-state index is 0.124. The van der Waals surface area contributed by atoms with Crippen LogP contribution in [0.3, 0.4) is 0 Å². The molecule has 30 heavy (non-hydrogen) atoms. The Balaban J connectivity index is 2.79. The molecule has 0 N–H and O–H groups in total. The van der Waals surface area contributed by atoms with Crippen LogP contribution in [0.4, 0.5) is 0 Å². The van der Waals surface area contributed by atoms with E-state index >= 15 is 0 Å². The maximum absolute atomic E-state index is 11.7. The van der Waals surface area contributed by atoms with Crippen LogP contribution >= 0.6 is 0 Å². The van der Waals surface area contributed by atoms with Gasteiger partial charge in [-0.1, -0.05) is 68.4 Å². The van der Waals surface area contributed by atoms with Crippen molar-refractivity contribution in [2.45, 2.75) is 111 Å². The van der Waals surface area contributed by atoms with Crippen molar-refractivity contribution in [3.63, 3.8) is 0 Å². The zero-order valence-corrected chi connectivity index (χ0v) is 22.2. The van der Waals surface area contributed by atoms with Crippen LogP contribution in [0.15, 0.2) is 12.2 Å². The summed E-state index contributed by atoms with van der Waals surface area (Å²) in [6, 6.07) is 0. The van der Waals surface area contributed by atoms with Gasteiger partial charge in [-0.25, -0.2) is 4.79 Å². The second-order valence-electron chi connectivity index (χ2n) is 10.3. The standard InChI is InChI=1S/C25H48O4Si/c1-11-27-24(26)15-13-21(9)25-20(8)12-14-23(29-25)22(10)16-28-30(17(2)3,18(4)5)19(6)7/h13,15,17-23,25H,11-12,14,16H2,1-10H3/b15-13+/t20-,21-,22+,23-,25-/m0/s1. The first-order valence-corrected chi connectivity index (χ1v) is 14.3. The zero-order chi connectivity index (χ0) is 23.1. The van der Waals surface area contributed by atoms with E-state index < -0.39 is 8.32 Å². The minimum atomic E-state index is -1.86. The molecule has 1 rings (SSSR count). The highest BCUT2D eigenvalue weighted by atomic mass is 28.4. The first kappa shape index (κ1) is 27.4. The van der Waals surface area contributed by atoms with Gasteiger partial charge in [-0.05, 0) is 42.3 Å². The van der Waals surface area contributed by atoms with Crippen molar-refractivity contribution in [3.05, 3.63) is 12.2 Å². The van der Waals surface area contributed by atoms with Gasteiger partial charge in [0.1, 0.15) is 0 Å². The van der Waals surface area contributed by atoms with Gasteiger partial charge in [0.2, 0.25) is 0 Å². The number of carbonyl (C=O) groups is 1. The molecular weight excluding hydrogens is 392 g/mol. The van der Waals surface area contributed by atoms with Crippen LogP contribution in [-0.4, -0.2) is 39.7 Å². The number of ether oxygens (including phenoxy) is 2. The summed E-state index contributed by atoms with van der Waals surface area (Å²) < 4.78 is 18.4. The molecule has 1 fully saturated rings. The fraction of sp³-hybridized carbons (Fsp3) is 0.880. The molecule has 5 heteroatoms. The molecule has 0 aromatic heterocycles. The summed E-state index contributed by atoms with van der Waals surface area (Å²) in [5, 5.41) is 0. The van der Waals surface area contributed by atoms with Crippen molar-refractivity contribution in [3.8, 4) is 0 Å². The molecule has 0 saturated carbocycles. The summed E-state index contributed by atoms with van der Waals surface area (Å²) >= 11 is 0. The summed E-state index contributed by atoms with van der Waals surface area (Å²) in [6.07, 6.45) is 6.06. The van der Waals surface area contributed by atoms with Gasteiger partial charge in [0.05, 0.1) is 18.8 Å². The van der Waals surface area contributed by atoms with E-state index in [9.17, 15) is 4.79 Å². The second-order valence-corrected chi connectivity index (χ2v) is 15.7. The molecule has 1 aliphatic heterocycles. The highest BCUT2D eigenvalue weighted by Crippen LogP contribution is 2.43. The molecule has 0 aliphatic carbocycles. The molecule has 0 amide bonds.